The summed E-state index contributed by atoms with van der Waals surface area (Å²) in [7, 11) is 0. The zero-order valence-electron chi connectivity index (χ0n) is 18.4. The van der Waals surface area contributed by atoms with Crippen LogP contribution in [0.3, 0.4) is 0 Å². The first-order valence-electron chi connectivity index (χ1n) is 11.6. The largest absolute Gasteiger partial charge is 0.481 e. The van der Waals surface area contributed by atoms with Gasteiger partial charge in [-0.25, -0.2) is 4.79 Å². The van der Waals surface area contributed by atoms with Crippen LogP contribution in [0.1, 0.15) is 42.7 Å². The number of nitrogens with one attached hydrogen (secondary N) is 1. The third kappa shape index (κ3) is 4.58. The predicted molar refractivity (Wildman–Crippen MR) is 122 cm³/mol. The number of carboxylic acid groups (broad SMARTS) is 1. The van der Waals surface area contributed by atoms with Crippen molar-refractivity contribution >= 4 is 18.0 Å². The summed E-state index contributed by atoms with van der Waals surface area (Å²) in [5, 5.41) is 11.7. The summed E-state index contributed by atoms with van der Waals surface area (Å²) >= 11 is 0. The van der Waals surface area contributed by atoms with Crippen LogP contribution in [-0.2, 0) is 14.3 Å². The average molecular weight is 449 g/mol. The highest BCUT2D eigenvalue weighted by molar-refractivity contribution is 5.83. The van der Waals surface area contributed by atoms with Crippen LogP contribution >= 0.6 is 0 Å². The molecule has 2 N–H and O–H groups in total. The zero-order chi connectivity index (χ0) is 22.9. The number of amides is 2. The highest BCUT2D eigenvalue weighted by Gasteiger charge is 2.47. The van der Waals surface area contributed by atoms with Crippen molar-refractivity contribution in [2.45, 2.75) is 37.6 Å². The van der Waals surface area contributed by atoms with E-state index >= 15 is 0 Å². The van der Waals surface area contributed by atoms with Crippen molar-refractivity contribution in [3.63, 3.8) is 0 Å². The quantitative estimate of drug-likeness (QED) is 0.611. The van der Waals surface area contributed by atoms with E-state index in [-0.39, 0.29) is 49.3 Å². The lowest BCUT2D eigenvalue weighted by atomic mass is 9.98. The molecule has 5 rings (SSSR count). The van der Waals surface area contributed by atoms with Gasteiger partial charge in [-0.15, -0.1) is 0 Å². The van der Waals surface area contributed by atoms with E-state index < -0.39 is 12.1 Å². The number of carbonyl (C=O) groups excluding carboxylic acids is 2. The number of nitrogens with zero attached hydrogens (tertiary/aromatic N) is 1. The topological polar surface area (TPSA) is 95.9 Å². The maximum absolute atomic E-state index is 12.8. The Kier molecular flexibility index (Phi) is 5.79. The lowest BCUT2D eigenvalue weighted by Gasteiger charge is -2.22. The number of carbonyl (C=O) groups is 3. The highest BCUT2D eigenvalue weighted by atomic mass is 16.5. The third-order valence-electron chi connectivity index (χ3n) is 6.93. The molecule has 0 unspecified atom stereocenters. The van der Waals surface area contributed by atoms with Gasteiger partial charge in [0, 0.05) is 31.0 Å². The molecule has 2 amide bonds. The van der Waals surface area contributed by atoms with Gasteiger partial charge in [0.2, 0.25) is 5.91 Å². The molecule has 2 fully saturated rings. The van der Waals surface area contributed by atoms with Crippen molar-refractivity contribution in [3.05, 3.63) is 59.7 Å². The highest BCUT2D eigenvalue weighted by Crippen LogP contribution is 2.45. The molecule has 2 saturated carbocycles. The van der Waals surface area contributed by atoms with Crippen LogP contribution in [0.25, 0.3) is 11.1 Å². The van der Waals surface area contributed by atoms with E-state index in [1.54, 1.807) is 4.90 Å². The first kappa shape index (κ1) is 21.5. The Hall–Kier alpha value is -3.35. The lowest BCUT2D eigenvalue weighted by molar-refractivity contribution is -0.139. The maximum Gasteiger partial charge on any atom is 0.407 e. The summed E-state index contributed by atoms with van der Waals surface area (Å²) in [5.74, 6) is -0.895. The number of benzene rings is 2. The molecule has 2 aromatic carbocycles. The SMILES string of the molecule is O=C(O)CCN(C(=O)[C@@H]1C[C@@H]1CNC(=O)OCC1c2ccccc2-c2ccccc21)C1CC1. The minimum atomic E-state index is -0.891. The molecular formula is C26H28N2O5. The van der Waals surface area contributed by atoms with Crippen LogP contribution in [-0.4, -0.2) is 53.7 Å². The number of fused-ring (bicyclic) bond motifs is 3. The summed E-state index contributed by atoms with van der Waals surface area (Å²) in [5.41, 5.74) is 4.70. The summed E-state index contributed by atoms with van der Waals surface area (Å²) in [6.07, 6.45) is 2.11. The standard InChI is InChI=1S/C26H28N2O5/c29-24(30)11-12-28(17-9-10-17)25(31)22-13-16(22)14-27-26(32)33-15-23-20-7-3-1-5-18(20)19-6-2-4-8-21(19)23/h1-8,16-17,22-23H,9-15H2,(H,27,32)(H,29,30)/t16-,22-/m1/s1. The lowest BCUT2D eigenvalue weighted by Crippen LogP contribution is -2.37. The Bertz CT molecular complexity index is 1030. The first-order chi connectivity index (χ1) is 16.0. The Labute approximate surface area is 192 Å². The van der Waals surface area contributed by atoms with Crippen molar-refractivity contribution in [1.29, 1.82) is 0 Å². The van der Waals surface area contributed by atoms with E-state index in [1.807, 2.05) is 24.3 Å². The molecule has 0 saturated heterocycles. The Morgan fingerprint density at radius 2 is 1.64 bits per heavy atom. The summed E-state index contributed by atoms with van der Waals surface area (Å²) < 4.78 is 5.56. The Morgan fingerprint density at radius 1 is 1.00 bits per heavy atom. The van der Waals surface area contributed by atoms with E-state index in [4.69, 9.17) is 9.84 Å². The van der Waals surface area contributed by atoms with Crippen LogP contribution in [0.15, 0.2) is 48.5 Å². The van der Waals surface area contributed by atoms with E-state index in [9.17, 15) is 14.4 Å². The van der Waals surface area contributed by atoms with Crippen LogP contribution in [0.2, 0.25) is 0 Å². The molecule has 0 aromatic heterocycles. The van der Waals surface area contributed by atoms with E-state index in [1.165, 1.54) is 22.3 Å². The van der Waals surface area contributed by atoms with Crippen LogP contribution in [0.4, 0.5) is 4.79 Å². The van der Waals surface area contributed by atoms with Gasteiger partial charge in [-0.3, -0.25) is 9.59 Å². The molecule has 3 aliphatic carbocycles. The molecule has 3 aliphatic rings. The first-order valence-corrected chi connectivity index (χ1v) is 11.6. The van der Waals surface area contributed by atoms with Crippen molar-refractivity contribution < 1.29 is 24.2 Å². The van der Waals surface area contributed by atoms with Gasteiger partial charge in [0.25, 0.3) is 0 Å². The molecular weight excluding hydrogens is 420 g/mol. The second-order valence-electron chi connectivity index (χ2n) is 9.22. The van der Waals surface area contributed by atoms with Crippen LogP contribution in [0.5, 0.6) is 0 Å². The zero-order valence-corrected chi connectivity index (χ0v) is 18.4. The average Bonchev–Trinajstić information content (AvgIpc) is 3.74. The van der Waals surface area contributed by atoms with Gasteiger partial charge >= 0.3 is 12.1 Å². The maximum atomic E-state index is 12.8. The van der Waals surface area contributed by atoms with Crippen LogP contribution < -0.4 is 5.32 Å². The number of rotatable bonds is 9. The van der Waals surface area contributed by atoms with Gasteiger partial charge in [-0.05, 0) is 47.4 Å². The number of hydrogen-bond acceptors (Lipinski definition) is 4. The van der Waals surface area contributed by atoms with E-state index in [0.717, 1.165) is 19.3 Å². The third-order valence-corrected chi connectivity index (χ3v) is 6.93. The number of ether oxygens (including phenoxy) is 1. The number of hydrogen-bond donors (Lipinski definition) is 2. The van der Waals surface area contributed by atoms with Crippen molar-refractivity contribution in [2.24, 2.45) is 11.8 Å². The molecule has 172 valence electrons. The minimum absolute atomic E-state index is 0.0136. The fraction of sp³-hybridized carbons (Fsp3) is 0.423. The summed E-state index contributed by atoms with van der Waals surface area (Å²) in [6, 6.07) is 16.6. The number of aliphatic carboxylic acids is 1. The smallest absolute Gasteiger partial charge is 0.407 e. The fourth-order valence-electron chi connectivity index (χ4n) is 4.93. The molecule has 0 radical (unpaired) electrons. The molecule has 2 aromatic rings. The second kappa shape index (κ2) is 8.89. The fourth-order valence-corrected chi connectivity index (χ4v) is 4.93. The van der Waals surface area contributed by atoms with Crippen LogP contribution in [0, 0.1) is 11.8 Å². The summed E-state index contributed by atoms with van der Waals surface area (Å²) in [6.45, 7) is 0.921. The molecule has 33 heavy (non-hydrogen) atoms. The van der Waals surface area contributed by atoms with Crippen molar-refractivity contribution in [3.8, 4) is 11.1 Å². The van der Waals surface area contributed by atoms with Gasteiger partial charge in [0.15, 0.2) is 0 Å². The molecule has 7 heteroatoms. The molecule has 2 atom stereocenters. The summed E-state index contributed by atoms with van der Waals surface area (Å²) in [4.78, 5) is 37.8. The molecule has 0 heterocycles. The minimum Gasteiger partial charge on any atom is -0.481 e. The molecule has 0 aliphatic heterocycles. The van der Waals surface area contributed by atoms with Gasteiger partial charge in [-0.1, -0.05) is 48.5 Å². The molecule has 0 spiro atoms. The number of carboxylic acids is 1. The van der Waals surface area contributed by atoms with Gasteiger partial charge in [0.05, 0.1) is 6.42 Å². The normalized spacial score (nSPS) is 20.5. The number of alkyl carbamates (subject to hydrolysis) is 1. The Balaban J connectivity index is 1.11. The van der Waals surface area contributed by atoms with Gasteiger partial charge < -0.3 is 20.1 Å². The van der Waals surface area contributed by atoms with E-state index in [0.29, 0.717) is 6.54 Å². The van der Waals surface area contributed by atoms with Crippen molar-refractivity contribution in [1.82, 2.24) is 10.2 Å². The predicted octanol–water partition coefficient (Wildman–Crippen LogP) is 3.63. The van der Waals surface area contributed by atoms with Gasteiger partial charge in [0.1, 0.15) is 6.61 Å². The molecule has 7 nitrogen and oxygen atoms in total. The van der Waals surface area contributed by atoms with Crippen molar-refractivity contribution in [2.75, 3.05) is 19.7 Å². The van der Waals surface area contributed by atoms with Gasteiger partial charge in [-0.2, -0.15) is 0 Å². The monoisotopic (exact) mass is 448 g/mol. The Morgan fingerprint density at radius 3 is 2.24 bits per heavy atom. The van der Waals surface area contributed by atoms with E-state index in [2.05, 4.69) is 29.6 Å². The molecule has 0 bridgehead atoms. The second-order valence-corrected chi connectivity index (χ2v) is 9.22.